The van der Waals surface area contributed by atoms with Crippen LogP contribution in [0.1, 0.15) is 13.8 Å². The smallest absolute Gasteiger partial charge is 0.393 e. The van der Waals surface area contributed by atoms with Crippen molar-refractivity contribution in [3.63, 3.8) is 0 Å². The Hall–Kier alpha value is 0.320. The predicted octanol–water partition coefficient (Wildman–Crippen LogP) is 1.96. The van der Waals surface area contributed by atoms with Crippen molar-refractivity contribution in [1.82, 2.24) is 0 Å². The Morgan fingerprint density at radius 1 is 1.17 bits per heavy atom. The summed E-state index contributed by atoms with van der Waals surface area (Å²) < 4.78 is 27.2. The van der Waals surface area contributed by atoms with Gasteiger partial charge < -0.3 is 9.90 Å². The molecule has 0 aliphatic carbocycles. The average molecular weight is 323 g/mol. The number of carbonyl (C=O) groups is 1. The second-order valence-electron chi connectivity index (χ2n) is 3.55. The Morgan fingerprint density at radius 3 is 1.89 bits per heavy atom. The van der Waals surface area contributed by atoms with Gasteiger partial charge in [0.2, 0.25) is 0 Å². The van der Waals surface area contributed by atoms with Gasteiger partial charge in [-0.25, -0.2) is 4.57 Å². The summed E-state index contributed by atoms with van der Waals surface area (Å²) in [5.41, 5.74) is 0. The van der Waals surface area contributed by atoms with Crippen LogP contribution in [0.2, 0.25) is 0 Å². The lowest BCUT2D eigenvalue weighted by atomic mass is 10.4. The topological polar surface area (TPSA) is 82.1 Å². The molecule has 0 aliphatic rings. The molecule has 0 heterocycles. The lowest BCUT2D eigenvalue weighted by Gasteiger charge is -2.24. The molecule has 3 unspecified atom stereocenters. The molecule has 0 fully saturated rings. The number of aliphatic hydroxyl groups is 1. The third-order valence-electron chi connectivity index (χ3n) is 1.65. The molecule has 0 rings (SSSR count). The first-order chi connectivity index (χ1) is 8.40. The number of hydrogen-bond donors (Lipinski definition) is 1. The minimum Gasteiger partial charge on any atom is -0.393 e. The normalized spacial score (nSPS) is 19.8. The van der Waals surface area contributed by atoms with Crippen molar-refractivity contribution >= 4 is 37.3 Å². The van der Waals surface area contributed by atoms with E-state index in [9.17, 15) is 9.36 Å². The highest BCUT2D eigenvalue weighted by Crippen LogP contribution is 2.52. The Morgan fingerprint density at radius 2 is 1.61 bits per heavy atom. The fourth-order valence-corrected chi connectivity index (χ4v) is 2.77. The Bertz CT molecular complexity index is 274. The van der Waals surface area contributed by atoms with E-state index in [2.05, 4.69) is 0 Å². The summed E-state index contributed by atoms with van der Waals surface area (Å²) >= 11 is 11.1. The molecule has 0 aliphatic heterocycles. The van der Waals surface area contributed by atoms with Crippen molar-refractivity contribution < 1.29 is 28.0 Å². The molecule has 0 spiro atoms. The van der Waals surface area contributed by atoms with Gasteiger partial charge in [0, 0.05) is 11.8 Å². The van der Waals surface area contributed by atoms with Crippen LogP contribution in [0, 0.1) is 0 Å². The molecule has 3 atom stereocenters. The van der Waals surface area contributed by atoms with E-state index in [0.29, 0.717) is 6.29 Å². The molecule has 0 amide bonds. The van der Waals surface area contributed by atoms with Gasteiger partial charge >= 0.3 is 7.82 Å². The number of aldehydes is 1. The first-order valence-electron chi connectivity index (χ1n) is 5.24. The van der Waals surface area contributed by atoms with Gasteiger partial charge in [-0.05, 0) is 13.8 Å². The summed E-state index contributed by atoms with van der Waals surface area (Å²) in [4.78, 5) is 10.6. The zero-order valence-electron chi connectivity index (χ0n) is 10.1. The van der Waals surface area contributed by atoms with Crippen molar-refractivity contribution in [2.24, 2.45) is 0 Å². The molecule has 0 bridgehead atoms. The number of alkyl halides is 2. The van der Waals surface area contributed by atoms with Gasteiger partial charge in [-0.1, -0.05) is 0 Å². The number of phosphoric acid groups is 1. The maximum absolute atomic E-state index is 12.2. The van der Waals surface area contributed by atoms with Crippen molar-refractivity contribution in [2.45, 2.75) is 32.2 Å². The monoisotopic (exact) mass is 322 g/mol. The second-order valence-corrected chi connectivity index (χ2v) is 5.69. The maximum atomic E-state index is 12.2. The van der Waals surface area contributed by atoms with Crippen LogP contribution >= 0.6 is 31.0 Å². The Labute approximate surface area is 116 Å². The van der Waals surface area contributed by atoms with Gasteiger partial charge in [-0.2, -0.15) is 0 Å². The van der Waals surface area contributed by atoms with Crippen LogP contribution in [0.15, 0.2) is 0 Å². The van der Waals surface area contributed by atoms with E-state index in [0.717, 1.165) is 0 Å². The highest BCUT2D eigenvalue weighted by Gasteiger charge is 2.34. The molecular formula is C9H17Cl2O6P. The SMILES string of the molecule is CC(CCl)OP(=O)(OC(C)CCl)OC(C=O)CO. The first-order valence-corrected chi connectivity index (χ1v) is 7.77. The summed E-state index contributed by atoms with van der Waals surface area (Å²) in [6, 6.07) is 0. The minimum absolute atomic E-state index is 0.0663. The number of carbonyl (C=O) groups excluding carboxylic acids is 1. The van der Waals surface area contributed by atoms with Crippen LogP contribution < -0.4 is 0 Å². The number of hydrogen-bond acceptors (Lipinski definition) is 6. The number of phosphoric ester groups is 1. The average Bonchev–Trinajstić information content (AvgIpc) is 2.35. The summed E-state index contributed by atoms with van der Waals surface area (Å²) in [5, 5.41) is 8.83. The molecular weight excluding hydrogens is 306 g/mol. The van der Waals surface area contributed by atoms with E-state index < -0.39 is 32.7 Å². The van der Waals surface area contributed by atoms with Gasteiger partial charge in [0.1, 0.15) is 6.10 Å². The molecule has 1 N–H and O–H groups in total. The van der Waals surface area contributed by atoms with Gasteiger partial charge in [-0.15, -0.1) is 23.2 Å². The highest BCUT2D eigenvalue weighted by atomic mass is 35.5. The van der Waals surface area contributed by atoms with Crippen molar-refractivity contribution in [3.05, 3.63) is 0 Å². The molecule has 0 aromatic carbocycles. The van der Waals surface area contributed by atoms with Gasteiger partial charge in [0.05, 0.1) is 18.8 Å². The molecule has 0 saturated heterocycles. The summed E-state index contributed by atoms with van der Waals surface area (Å²) in [5.74, 6) is 0.133. The highest BCUT2D eigenvalue weighted by molar-refractivity contribution is 7.48. The van der Waals surface area contributed by atoms with E-state index in [-0.39, 0.29) is 11.8 Å². The van der Waals surface area contributed by atoms with Gasteiger partial charge in [0.25, 0.3) is 0 Å². The fourth-order valence-electron chi connectivity index (χ4n) is 0.839. The molecule has 9 heteroatoms. The van der Waals surface area contributed by atoms with E-state index in [1.165, 1.54) is 0 Å². The molecule has 18 heavy (non-hydrogen) atoms. The lowest BCUT2D eigenvalue weighted by Crippen LogP contribution is -2.23. The minimum atomic E-state index is -4.01. The van der Waals surface area contributed by atoms with Crippen LogP contribution in [0.25, 0.3) is 0 Å². The summed E-state index contributed by atoms with van der Waals surface area (Å²) in [7, 11) is -4.01. The van der Waals surface area contributed by atoms with Crippen LogP contribution in [-0.4, -0.2) is 48.1 Å². The number of aliphatic hydroxyl groups excluding tert-OH is 1. The standard InChI is InChI=1S/C9H17Cl2O6P/c1-7(3-10)15-18(14,16-8(2)4-11)17-9(5-12)6-13/h5,7-9,13H,3-4,6H2,1-2H3. The maximum Gasteiger partial charge on any atom is 0.476 e. The van der Waals surface area contributed by atoms with Crippen LogP contribution in [-0.2, 0) is 22.9 Å². The molecule has 6 nitrogen and oxygen atoms in total. The predicted molar refractivity (Wildman–Crippen MR) is 68.2 cm³/mol. The quantitative estimate of drug-likeness (QED) is 0.376. The molecule has 0 radical (unpaired) electrons. The fraction of sp³-hybridized carbons (Fsp3) is 0.889. The number of rotatable bonds is 10. The third kappa shape index (κ3) is 7.04. The van der Waals surface area contributed by atoms with Crippen LogP contribution in [0.3, 0.4) is 0 Å². The molecule has 0 saturated carbocycles. The molecule has 108 valence electrons. The Kier molecular flexibility index (Phi) is 9.42. The van der Waals surface area contributed by atoms with E-state index in [4.69, 9.17) is 41.9 Å². The largest absolute Gasteiger partial charge is 0.476 e. The van der Waals surface area contributed by atoms with Gasteiger partial charge in [-0.3, -0.25) is 13.6 Å². The zero-order chi connectivity index (χ0) is 14.2. The first kappa shape index (κ1) is 18.3. The summed E-state index contributed by atoms with van der Waals surface area (Å²) in [6.45, 7) is 2.49. The molecule has 0 aromatic rings. The molecule has 0 aromatic heterocycles. The van der Waals surface area contributed by atoms with Crippen LogP contribution in [0.5, 0.6) is 0 Å². The van der Waals surface area contributed by atoms with E-state index >= 15 is 0 Å². The second kappa shape index (κ2) is 9.26. The third-order valence-corrected chi connectivity index (χ3v) is 4.28. The van der Waals surface area contributed by atoms with Gasteiger partial charge in [0.15, 0.2) is 6.29 Å². The number of halogens is 2. The van der Waals surface area contributed by atoms with Crippen molar-refractivity contribution in [2.75, 3.05) is 18.4 Å². The lowest BCUT2D eigenvalue weighted by molar-refractivity contribution is -0.116. The Balaban J connectivity index is 4.78. The van der Waals surface area contributed by atoms with Crippen LogP contribution in [0.4, 0.5) is 0 Å². The zero-order valence-corrected chi connectivity index (χ0v) is 12.5. The van der Waals surface area contributed by atoms with Crippen molar-refractivity contribution in [1.29, 1.82) is 0 Å². The van der Waals surface area contributed by atoms with E-state index in [1.807, 2.05) is 0 Å². The van der Waals surface area contributed by atoms with Crippen molar-refractivity contribution in [3.8, 4) is 0 Å². The van der Waals surface area contributed by atoms with E-state index in [1.54, 1.807) is 13.8 Å². The summed E-state index contributed by atoms with van der Waals surface area (Å²) in [6.07, 6.45) is -2.20.